The fourth-order valence-corrected chi connectivity index (χ4v) is 3.86. The number of aromatic nitrogens is 3. The van der Waals surface area contributed by atoms with Crippen molar-refractivity contribution in [1.82, 2.24) is 20.1 Å². The molecule has 1 atom stereocenters. The molecule has 1 aromatic carbocycles. The van der Waals surface area contributed by atoms with E-state index >= 15 is 0 Å². The van der Waals surface area contributed by atoms with E-state index in [0.717, 1.165) is 33.8 Å². The molecule has 3 heterocycles. The minimum Gasteiger partial charge on any atom is -0.350 e. The van der Waals surface area contributed by atoms with Crippen LogP contribution in [0.5, 0.6) is 0 Å². The summed E-state index contributed by atoms with van der Waals surface area (Å²) in [5, 5.41) is 10.6. The lowest BCUT2D eigenvalue weighted by Crippen LogP contribution is -2.32. The zero-order valence-electron chi connectivity index (χ0n) is 16.1. The average Bonchev–Trinajstić information content (AvgIpc) is 3.36. The molecular formula is C22H22N4OS. The van der Waals surface area contributed by atoms with Crippen LogP contribution in [0, 0.1) is 6.92 Å². The molecule has 0 aliphatic carbocycles. The number of carbonyl (C=O) groups excluding carboxylic acids is 1. The molecule has 0 bridgehead atoms. The highest BCUT2D eigenvalue weighted by atomic mass is 32.1. The Kier molecular flexibility index (Phi) is 4.96. The number of pyridine rings is 1. The summed E-state index contributed by atoms with van der Waals surface area (Å²) in [5.74, 6) is -0.0877. The first-order chi connectivity index (χ1) is 13.6. The Morgan fingerprint density at radius 3 is 2.68 bits per heavy atom. The summed E-state index contributed by atoms with van der Waals surface area (Å²) in [6.45, 7) is 5.99. The fraction of sp³-hybridized carbons (Fsp3) is 0.227. The number of nitrogens with one attached hydrogen (secondary N) is 1. The van der Waals surface area contributed by atoms with Gasteiger partial charge in [-0.3, -0.25) is 4.79 Å². The van der Waals surface area contributed by atoms with Crippen LogP contribution in [-0.2, 0) is 0 Å². The average molecular weight is 391 g/mol. The third kappa shape index (κ3) is 3.31. The van der Waals surface area contributed by atoms with Crippen molar-refractivity contribution in [3.63, 3.8) is 0 Å². The van der Waals surface area contributed by atoms with Crippen LogP contribution in [-0.4, -0.2) is 26.7 Å². The van der Waals surface area contributed by atoms with Gasteiger partial charge in [0.2, 0.25) is 0 Å². The van der Waals surface area contributed by atoms with Crippen LogP contribution in [0.1, 0.15) is 36.3 Å². The number of hydrogen-bond donors (Lipinski definition) is 1. The molecule has 0 fully saturated rings. The Bertz CT molecular complexity index is 1120. The Hall–Kier alpha value is -2.99. The fourth-order valence-electron chi connectivity index (χ4n) is 3.17. The standard InChI is InChI=1S/C22H22N4OS/c1-4-14(2)23-22(27)17-13-18(19-11-8-12-28-19)24-21-20(17)15(3)25-26(21)16-9-6-5-7-10-16/h5-14H,4H2,1-3H3,(H,23,27). The maximum atomic E-state index is 13.1. The quantitative estimate of drug-likeness (QED) is 0.522. The molecule has 4 rings (SSSR count). The van der Waals surface area contributed by atoms with E-state index in [0.29, 0.717) is 11.2 Å². The SMILES string of the molecule is CCC(C)NC(=O)c1cc(-c2cccs2)nc2c1c(C)nn2-c1ccccc1. The highest BCUT2D eigenvalue weighted by molar-refractivity contribution is 7.13. The Morgan fingerprint density at radius 1 is 1.21 bits per heavy atom. The lowest BCUT2D eigenvalue weighted by Gasteiger charge is -2.13. The predicted octanol–water partition coefficient (Wildman–Crippen LogP) is 4.99. The molecule has 3 aromatic heterocycles. The van der Waals surface area contributed by atoms with Gasteiger partial charge in [-0.1, -0.05) is 31.2 Å². The second-order valence-electron chi connectivity index (χ2n) is 6.85. The van der Waals surface area contributed by atoms with Crippen LogP contribution < -0.4 is 5.32 Å². The van der Waals surface area contributed by atoms with Crippen molar-refractivity contribution < 1.29 is 4.79 Å². The van der Waals surface area contributed by atoms with E-state index in [2.05, 4.69) is 12.2 Å². The Morgan fingerprint density at radius 2 is 2.00 bits per heavy atom. The number of aryl methyl sites for hydroxylation is 1. The smallest absolute Gasteiger partial charge is 0.252 e. The summed E-state index contributed by atoms with van der Waals surface area (Å²) in [6, 6.07) is 15.9. The summed E-state index contributed by atoms with van der Waals surface area (Å²) in [6.07, 6.45) is 0.875. The van der Waals surface area contributed by atoms with Crippen molar-refractivity contribution in [2.75, 3.05) is 0 Å². The minimum atomic E-state index is -0.0877. The number of amides is 1. The molecule has 28 heavy (non-hydrogen) atoms. The number of rotatable bonds is 5. The van der Waals surface area contributed by atoms with Gasteiger partial charge in [0.25, 0.3) is 5.91 Å². The molecule has 0 aliphatic heterocycles. The first-order valence-corrected chi connectivity index (χ1v) is 10.3. The van der Waals surface area contributed by atoms with Crippen molar-refractivity contribution in [3.8, 4) is 16.3 Å². The number of benzene rings is 1. The number of thiophene rings is 1. The summed E-state index contributed by atoms with van der Waals surface area (Å²) in [4.78, 5) is 19.0. The third-order valence-electron chi connectivity index (χ3n) is 4.82. The second kappa shape index (κ2) is 7.56. The summed E-state index contributed by atoms with van der Waals surface area (Å²) < 4.78 is 1.82. The van der Waals surface area contributed by atoms with E-state index in [4.69, 9.17) is 10.1 Å². The van der Waals surface area contributed by atoms with Crippen LogP contribution in [0.3, 0.4) is 0 Å². The van der Waals surface area contributed by atoms with Crippen LogP contribution in [0.15, 0.2) is 53.9 Å². The van der Waals surface area contributed by atoms with Gasteiger partial charge in [0.05, 0.1) is 32.9 Å². The molecule has 0 aliphatic rings. The lowest BCUT2D eigenvalue weighted by molar-refractivity contribution is 0.0941. The highest BCUT2D eigenvalue weighted by Crippen LogP contribution is 2.30. The molecule has 1 unspecified atom stereocenters. The first kappa shape index (κ1) is 18.4. The maximum absolute atomic E-state index is 13.1. The molecule has 1 N–H and O–H groups in total. The van der Waals surface area contributed by atoms with Crippen molar-refractivity contribution >= 4 is 28.3 Å². The van der Waals surface area contributed by atoms with Crippen molar-refractivity contribution in [2.24, 2.45) is 0 Å². The van der Waals surface area contributed by atoms with Crippen LogP contribution in [0.2, 0.25) is 0 Å². The molecule has 0 spiro atoms. The largest absolute Gasteiger partial charge is 0.350 e. The number of hydrogen-bond acceptors (Lipinski definition) is 4. The van der Waals surface area contributed by atoms with E-state index in [1.807, 2.05) is 72.4 Å². The molecule has 0 radical (unpaired) electrons. The number of nitrogens with zero attached hydrogens (tertiary/aromatic N) is 3. The molecule has 0 saturated heterocycles. The predicted molar refractivity (Wildman–Crippen MR) is 114 cm³/mol. The van der Waals surface area contributed by atoms with Crippen molar-refractivity contribution in [1.29, 1.82) is 0 Å². The molecule has 1 amide bonds. The molecule has 5 nitrogen and oxygen atoms in total. The zero-order valence-corrected chi connectivity index (χ0v) is 17.0. The topological polar surface area (TPSA) is 59.8 Å². The monoisotopic (exact) mass is 390 g/mol. The number of carbonyl (C=O) groups is 1. The van der Waals surface area contributed by atoms with E-state index in [1.54, 1.807) is 11.3 Å². The molecular weight excluding hydrogens is 368 g/mol. The van der Waals surface area contributed by atoms with Gasteiger partial charge >= 0.3 is 0 Å². The highest BCUT2D eigenvalue weighted by Gasteiger charge is 2.21. The van der Waals surface area contributed by atoms with Crippen molar-refractivity contribution in [2.45, 2.75) is 33.2 Å². The first-order valence-electron chi connectivity index (χ1n) is 9.39. The number of fused-ring (bicyclic) bond motifs is 1. The second-order valence-corrected chi connectivity index (χ2v) is 7.79. The van der Waals surface area contributed by atoms with Gasteiger partial charge in [0.1, 0.15) is 0 Å². The van der Waals surface area contributed by atoms with Crippen LogP contribution in [0.4, 0.5) is 0 Å². The summed E-state index contributed by atoms with van der Waals surface area (Å²) >= 11 is 1.61. The van der Waals surface area contributed by atoms with Crippen LogP contribution in [0.25, 0.3) is 27.3 Å². The molecule has 142 valence electrons. The third-order valence-corrected chi connectivity index (χ3v) is 5.71. The lowest BCUT2D eigenvalue weighted by atomic mass is 10.1. The zero-order chi connectivity index (χ0) is 19.7. The van der Waals surface area contributed by atoms with Crippen LogP contribution >= 0.6 is 11.3 Å². The van der Waals surface area contributed by atoms with Gasteiger partial charge < -0.3 is 5.32 Å². The molecule has 0 saturated carbocycles. The normalized spacial score (nSPS) is 12.2. The Labute approximate surface area is 168 Å². The van der Waals surface area contributed by atoms with E-state index in [1.165, 1.54) is 0 Å². The van der Waals surface area contributed by atoms with Crippen molar-refractivity contribution in [3.05, 3.63) is 65.2 Å². The van der Waals surface area contributed by atoms with E-state index in [-0.39, 0.29) is 11.9 Å². The van der Waals surface area contributed by atoms with Gasteiger partial charge in [0.15, 0.2) is 5.65 Å². The maximum Gasteiger partial charge on any atom is 0.252 e. The van der Waals surface area contributed by atoms with Gasteiger partial charge in [-0.15, -0.1) is 11.3 Å². The van der Waals surface area contributed by atoms with E-state index < -0.39 is 0 Å². The molecule has 6 heteroatoms. The number of para-hydroxylation sites is 1. The Balaban J connectivity index is 1.97. The van der Waals surface area contributed by atoms with Gasteiger partial charge in [-0.2, -0.15) is 5.10 Å². The van der Waals surface area contributed by atoms with Gasteiger partial charge in [-0.25, -0.2) is 9.67 Å². The minimum absolute atomic E-state index is 0.0877. The summed E-state index contributed by atoms with van der Waals surface area (Å²) in [5.41, 5.74) is 3.81. The summed E-state index contributed by atoms with van der Waals surface area (Å²) in [7, 11) is 0. The van der Waals surface area contributed by atoms with Gasteiger partial charge in [-0.05, 0) is 49.9 Å². The van der Waals surface area contributed by atoms with E-state index in [9.17, 15) is 4.79 Å². The molecule has 4 aromatic rings. The van der Waals surface area contributed by atoms with Gasteiger partial charge in [0, 0.05) is 6.04 Å².